The summed E-state index contributed by atoms with van der Waals surface area (Å²) in [6.45, 7) is 0. The van der Waals surface area contributed by atoms with Gasteiger partial charge in [0.05, 0.1) is 0 Å². The molecule has 0 heterocycles. The van der Waals surface area contributed by atoms with Gasteiger partial charge in [-0.25, -0.2) is 0 Å². The third-order valence-corrected chi connectivity index (χ3v) is 2.09. The molecule has 0 aromatic carbocycles. The fourth-order valence-corrected chi connectivity index (χ4v) is 0.881. The lowest BCUT2D eigenvalue weighted by Gasteiger charge is -2.32. The average Bonchev–Trinajstić information content (AvgIpc) is 2.15. The molecule has 0 bridgehead atoms. The van der Waals surface area contributed by atoms with Crippen molar-refractivity contribution in [3.8, 4) is 0 Å². The van der Waals surface area contributed by atoms with Crippen molar-refractivity contribution in [3.63, 3.8) is 0 Å². The monoisotopic (exact) mass is 295 g/mol. The van der Waals surface area contributed by atoms with Gasteiger partial charge in [-0.3, -0.25) is 4.21 Å². The van der Waals surface area contributed by atoms with Crippen molar-refractivity contribution in [3.05, 3.63) is 11.9 Å². The molecule has 1 unspecified atom stereocenters. The van der Waals surface area contributed by atoms with Crippen LogP contribution in [0, 0.1) is 0 Å². The van der Waals surface area contributed by atoms with E-state index in [1.165, 1.54) is 0 Å². The first kappa shape index (κ1) is 16.2. The lowest BCUT2D eigenvalue weighted by molar-refractivity contribution is -0.270. The molecular weight excluding hydrogens is 295 g/mol. The smallest absolute Gasteiger partial charge is 0.390 e. The maximum atomic E-state index is 12.3. The van der Waals surface area contributed by atoms with Crippen LogP contribution in [0.15, 0.2) is 11.9 Å². The Morgan fingerprint density at radius 2 is 1.29 bits per heavy atom. The van der Waals surface area contributed by atoms with Gasteiger partial charge in [-0.05, 0) is 0 Å². The van der Waals surface area contributed by atoms with Crippen LogP contribution >= 0.6 is 0 Å². The molecule has 0 amide bonds. The number of hydrogen-bond donors (Lipinski definition) is 0. The van der Waals surface area contributed by atoms with Crippen molar-refractivity contribution < 1.29 is 48.3 Å². The van der Waals surface area contributed by atoms with Crippen molar-refractivity contribution in [2.75, 3.05) is 0 Å². The lowest BCUT2D eigenvalue weighted by atomic mass is 10.1. The summed E-state index contributed by atoms with van der Waals surface area (Å²) in [6, 6.07) is 0. The van der Waals surface area contributed by atoms with Gasteiger partial charge in [0.2, 0.25) is 5.83 Å². The van der Waals surface area contributed by atoms with E-state index in [1.807, 2.05) is 0 Å². The number of halogens is 9. The van der Waals surface area contributed by atoms with Crippen molar-refractivity contribution >= 4 is 11.1 Å². The topological polar surface area (TPSA) is 40.1 Å². The summed E-state index contributed by atoms with van der Waals surface area (Å²) in [7, 11) is 0. The zero-order valence-corrected chi connectivity index (χ0v) is 7.94. The van der Waals surface area contributed by atoms with Gasteiger partial charge in [0.15, 0.2) is 0 Å². The molecule has 0 aliphatic rings. The molecule has 12 heteroatoms. The first-order chi connectivity index (χ1) is 7.30. The van der Waals surface area contributed by atoms with Gasteiger partial charge in [-0.15, -0.1) is 0 Å². The van der Waals surface area contributed by atoms with Crippen LogP contribution in [0.1, 0.15) is 0 Å². The predicted molar refractivity (Wildman–Crippen MR) is 34.1 cm³/mol. The molecule has 0 saturated carbocycles. The molecule has 1 atom stereocenters. The molecule has 17 heavy (non-hydrogen) atoms. The Balaban J connectivity index is 5.78. The van der Waals surface area contributed by atoms with Crippen LogP contribution in [-0.4, -0.2) is 25.9 Å². The van der Waals surface area contributed by atoms with E-state index in [0.717, 1.165) is 0 Å². The molecule has 0 aromatic heterocycles. The minimum atomic E-state index is -6.87. The standard InChI is InChI=1S/C5HF9O2S/c6-1(2(7)8)3(9,10)4(11,12)5(13,14)17(15)16/h(H,15,16)/p-1. The third-order valence-electron chi connectivity index (χ3n) is 1.41. The molecule has 102 valence electrons. The predicted octanol–water partition coefficient (Wildman–Crippen LogP) is 2.81. The largest absolute Gasteiger partial charge is 0.768 e. The maximum absolute atomic E-state index is 12.3. The van der Waals surface area contributed by atoms with Crippen LogP contribution < -0.4 is 0 Å². The molecule has 0 aromatic rings. The van der Waals surface area contributed by atoms with Gasteiger partial charge < -0.3 is 4.55 Å². The van der Waals surface area contributed by atoms with Crippen molar-refractivity contribution in [1.29, 1.82) is 0 Å². The summed E-state index contributed by atoms with van der Waals surface area (Å²) in [4.78, 5) is 0. The molecule has 0 N–H and O–H groups in total. The normalized spacial score (nSPS) is 15.6. The van der Waals surface area contributed by atoms with Crippen LogP contribution in [0.4, 0.5) is 39.5 Å². The second-order valence-electron chi connectivity index (χ2n) is 2.47. The molecular formula is C5F9O2S-. The van der Waals surface area contributed by atoms with Crippen molar-refractivity contribution in [2.24, 2.45) is 0 Å². The van der Waals surface area contributed by atoms with Crippen molar-refractivity contribution in [2.45, 2.75) is 17.1 Å². The van der Waals surface area contributed by atoms with E-state index in [9.17, 15) is 48.3 Å². The highest BCUT2D eigenvalue weighted by Crippen LogP contribution is 2.51. The van der Waals surface area contributed by atoms with Crippen LogP contribution in [-0.2, 0) is 11.1 Å². The average molecular weight is 295 g/mol. The molecule has 0 fully saturated rings. The quantitative estimate of drug-likeness (QED) is 0.591. The van der Waals surface area contributed by atoms with E-state index in [4.69, 9.17) is 0 Å². The molecule has 0 aliphatic carbocycles. The lowest BCUT2D eigenvalue weighted by Crippen LogP contribution is -2.56. The number of alkyl halides is 6. The SMILES string of the molecule is O=S([O-])C(F)(F)C(F)(F)C(F)(F)C(F)=C(F)F. The molecule has 0 saturated heterocycles. The molecule has 0 radical (unpaired) electrons. The fraction of sp³-hybridized carbons (Fsp3) is 0.600. The van der Waals surface area contributed by atoms with Gasteiger partial charge in [-0.1, -0.05) is 0 Å². The summed E-state index contributed by atoms with van der Waals surface area (Å²) < 4.78 is 127. The first-order valence-corrected chi connectivity index (χ1v) is 4.31. The Morgan fingerprint density at radius 3 is 1.53 bits per heavy atom. The molecule has 0 aliphatic heterocycles. The van der Waals surface area contributed by atoms with Crippen LogP contribution in [0.5, 0.6) is 0 Å². The van der Waals surface area contributed by atoms with Crippen LogP contribution in [0.3, 0.4) is 0 Å². The van der Waals surface area contributed by atoms with Crippen LogP contribution in [0.25, 0.3) is 0 Å². The Morgan fingerprint density at radius 1 is 0.941 bits per heavy atom. The summed E-state index contributed by atoms with van der Waals surface area (Å²) in [6.07, 6.45) is -3.97. The van der Waals surface area contributed by atoms with Gasteiger partial charge in [-0.2, -0.15) is 39.5 Å². The van der Waals surface area contributed by atoms with Gasteiger partial charge in [0.1, 0.15) is 0 Å². The molecule has 0 spiro atoms. The fourth-order valence-electron chi connectivity index (χ4n) is 0.544. The van der Waals surface area contributed by atoms with Crippen molar-refractivity contribution in [1.82, 2.24) is 0 Å². The zero-order chi connectivity index (χ0) is 14.2. The number of allylic oxidation sites excluding steroid dienone is 1. The number of rotatable bonds is 4. The van der Waals surface area contributed by atoms with Crippen LogP contribution in [0.2, 0.25) is 0 Å². The molecule has 0 rings (SSSR count). The first-order valence-electron chi connectivity index (χ1n) is 3.24. The van der Waals surface area contributed by atoms with E-state index in [1.54, 1.807) is 0 Å². The highest BCUT2D eigenvalue weighted by molar-refractivity contribution is 7.80. The van der Waals surface area contributed by atoms with E-state index in [2.05, 4.69) is 0 Å². The highest BCUT2D eigenvalue weighted by atomic mass is 32.2. The Labute approximate surface area is 89.4 Å². The minimum absolute atomic E-state index is 3.97. The van der Waals surface area contributed by atoms with Gasteiger partial charge >= 0.3 is 23.2 Å². The Kier molecular flexibility index (Phi) is 4.27. The van der Waals surface area contributed by atoms with E-state index in [-0.39, 0.29) is 0 Å². The number of hydrogen-bond acceptors (Lipinski definition) is 2. The second-order valence-corrected chi connectivity index (χ2v) is 3.46. The maximum Gasteiger partial charge on any atom is 0.390 e. The second kappa shape index (κ2) is 4.48. The third kappa shape index (κ3) is 2.41. The van der Waals surface area contributed by atoms with E-state index < -0.39 is 40.1 Å². The highest BCUT2D eigenvalue weighted by Gasteiger charge is 2.75. The van der Waals surface area contributed by atoms with Gasteiger partial charge in [0.25, 0.3) is 0 Å². The summed E-state index contributed by atoms with van der Waals surface area (Å²) >= 11 is -5.07. The minimum Gasteiger partial charge on any atom is -0.768 e. The summed E-state index contributed by atoms with van der Waals surface area (Å²) in [5.74, 6) is -17.7. The summed E-state index contributed by atoms with van der Waals surface area (Å²) in [5, 5.41) is -6.43. The van der Waals surface area contributed by atoms with E-state index >= 15 is 0 Å². The Hall–Kier alpha value is -0.780. The molecule has 2 nitrogen and oxygen atoms in total. The zero-order valence-electron chi connectivity index (χ0n) is 7.13. The summed E-state index contributed by atoms with van der Waals surface area (Å²) in [5.41, 5.74) is 0. The Bertz CT molecular complexity index is 358. The van der Waals surface area contributed by atoms with Gasteiger partial charge in [0, 0.05) is 11.1 Å². The van der Waals surface area contributed by atoms with E-state index in [0.29, 0.717) is 0 Å².